The molecule has 1 amide bonds. The summed E-state index contributed by atoms with van der Waals surface area (Å²) in [5, 5.41) is 12.0. The first-order valence-electron chi connectivity index (χ1n) is 22.7. The maximum absolute atomic E-state index is 14.7. The fourth-order valence-electron chi connectivity index (χ4n) is 8.72. The molecule has 0 N–H and O–H groups in total. The molecule has 1 saturated heterocycles. The number of aryl methyl sites for hydroxylation is 3. The predicted octanol–water partition coefficient (Wildman–Crippen LogP) is 13.0. The van der Waals surface area contributed by atoms with E-state index in [1.165, 1.54) is 4.88 Å². The van der Waals surface area contributed by atoms with Crippen LogP contribution in [0.25, 0.3) is 17.2 Å². The van der Waals surface area contributed by atoms with E-state index in [9.17, 15) is 14.4 Å². The summed E-state index contributed by atoms with van der Waals surface area (Å²) in [6.07, 6.45) is 6.35. The number of halogens is 4. The summed E-state index contributed by atoms with van der Waals surface area (Å²) in [6.45, 7) is 9.17. The standard InChI is InChI=1S/C54H51Cl4N5O4S/c1-32-14-15-37(27-46(32)57)25-41-30-62(31-42(51(41)65)26-38-16-21-45(56)47(58)28-38)53(66)40(24-36-10-6-5-7-11-36)12-8-22-67-23-9-13-44(64)29-48-52-61-60-35(4)63(52)54-49(33(2)34(3)68-54)50(59-48)39-17-19-43(55)20-18-39/h5-7,10-11,14-21,25-28,40,48H,8-9,12-13,22-24,29-31H2,1-4H3/b41-25+,42-26+/t40-,48-/m0/s1. The highest BCUT2D eigenvalue weighted by molar-refractivity contribution is 7.15. The molecule has 68 heavy (non-hydrogen) atoms. The quantitative estimate of drug-likeness (QED) is 0.0706. The Morgan fingerprint density at radius 3 is 2.18 bits per heavy atom. The Hall–Kier alpha value is -5.20. The molecule has 0 aliphatic carbocycles. The van der Waals surface area contributed by atoms with Crippen LogP contribution in [-0.4, -0.2) is 69.2 Å². The second kappa shape index (κ2) is 22.0. The number of ketones is 2. The maximum atomic E-state index is 14.7. The molecule has 8 rings (SSSR count). The smallest absolute Gasteiger partial charge is 0.226 e. The van der Waals surface area contributed by atoms with Crippen LogP contribution in [0.5, 0.6) is 0 Å². The number of Topliss-reactive ketones (excluding diaryl/α,β-unsaturated/α-hetero) is 2. The minimum absolute atomic E-state index is 0.0495. The molecule has 9 nitrogen and oxygen atoms in total. The number of carbonyl (C=O) groups excluding carboxylic acids is 3. The van der Waals surface area contributed by atoms with Crippen LogP contribution in [0.4, 0.5) is 0 Å². The van der Waals surface area contributed by atoms with Crippen molar-refractivity contribution < 1.29 is 19.1 Å². The average Bonchev–Trinajstić information content (AvgIpc) is 3.80. The fraction of sp³-hybridized carbons (Fsp3) is 0.296. The summed E-state index contributed by atoms with van der Waals surface area (Å²) in [7, 11) is 0. The van der Waals surface area contributed by atoms with Crippen LogP contribution in [0.15, 0.2) is 107 Å². The molecule has 6 aromatic rings. The second-order valence-corrected chi connectivity index (χ2v) is 20.3. The summed E-state index contributed by atoms with van der Waals surface area (Å²) < 4.78 is 8.16. The van der Waals surface area contributed by atoms with E-state index in [0.29, 0.717) is 87.9 Å². The Balaban J connectivity index is 0.923. The van der Waals surface area contributed by atoms with Crippen molar-refractivity contribution in [1.82, 2.24) is 19.7 Å². The Bertz CT molecular complexity index is 2880. The lowest BCUT2D eigenvalue weighted by Gasteiger charge is -2.33. The van der Waals surface area contributed by atoms with E-state index in [1.54, 1.807) is 40.5 Å². The van der Waals surface area contributed by atoms with Gasteiger partial charge in [-0.15, -0.1) is 21.5 Å². The van der Waals surface area contributed by atoms with Crippen LogP contribution in [0.3, 0.4) is 0 Å². The molecule has 2 aromatic heterocycles. The number of ether oxygens (including phenoxy) is 1. The van der Waals surface area contributed by atoms with Crippen LogP contribution < -0.4 is 0 Å². The molecule has 4 heterocycles. The third-order valence-corrected chi connectivity index (χ3v) is 15.1. The fourth-order valence-corrected chi connectivity index (χ4v) is 10.6. The zero-order valence-corrected chi connectivity index (χ0v) is 42.2. The number of nitrogens with zero attached hydrogens (tertiary/aromatic N) is 5. The second-order valence-electron chi connectivity index (χ2n) is 17.4. The molecule has 0 bridgehead atoms. The molecule has 2 aliphatic heterocycles. The van der Waals surface area contributed by atoms with Gasteiger partial charge in [-0.05, 0) is 124 Å². The number of carbonyl (C=O) groups is 3. The van der Waals surface area contributed by atoms with Gasteiger partial charge in [0.15, 0.2) is 11.6 Å². The van der Waals surface area contributed by atoms with Crippen molar-refractivity contribution >= 4 is 93.1 Å². The van der Waals surface area contributed by atoms with Gasteiger partial charge in [0.2, 0.25) is 5.91 Å². The molecular weight excluding hydrogens is 957 g/mol. The van der Waals surface area contributed by atoms with Crippen LogP contribution >= 0.6 is 57.7 Å². The number of hydrogen-bond donors (Lipinski definition) is 0. The van der Waals surface area contributed by atoms with Crippen molar-refractivity contribution in [1.29, 1.82) is 0 Å². The van der Waals surface area contributed by atoms with Crippen LogP contribution in [-0.2, 0) is 25.5 Å². The number of benzene rings is 4. The van der Waals surface area contributed by atoms with Gasteiger partial charge < -0.3 is 9.64 Å². The number of amides is 1. The number of likely N-dealkylation sites (tertiary alicyclic amines) is 1. The van der Waals surface area contributed by atoms with Gasteiger partial charge in [-0.2, -0.15) is 0 Å². The summed E-state index contributed by atoms with van der Waals surface area (Å²) >= 11 is 27.0. The minimum Gasteiger partial charge on any atom is -0.381 e. The van der Waals surface area contributed by atoms with Gasteiger partial charge in [-0.25, -0.2) is 0 Å². The lowest BCUT2D eigenvalue weighted by molar-refractivity contribution is -0.136. The van der Waals surface area contributed by atoms with Gasteiger partial charge in [0, 0.05) is 82.3 Å². The number of hydrogen-bond acceptors (Lipinski definition) is 8. The highest BCUT2D eigenvalue weighted by Gasteiger charge is 2.34. The van der Waals surface area contributed by atoms with Crippen molar-refractivity contribution in [2.45, 2.75) is 72.3 Å². The third kappa shape index (κ3) is 11.5. The third-order valence-electron chi connectivity index (χ3n) is 12.5. The first-order chi connectivity index (χ1) is 32.7. The lowest BCUT2D eigenvalue weighted by Crippen LogP contribution is -2.45. The SMILES string of the molecule is Cc1ccc(/C=C2\CN(C(=O)[C@@H](CCCOCCCC(=O)C[C@@H]3N=C(c4ccc(Cl)cc4)c4c(sc(C)c4C)-n4c(C)nnc43)Cc3ccccc3)C/C(=C\c3ccc(Cl)c(Cl)c3)C2=O)cc1Cl. The normalized spacial score (nSPS) is 16.4. The first-order valence-corrected chi connectivity index (χ1v) is 25.0. The van der Waals surface area contributed by atoms with E-state index in [2.05, 4.69) is 28.6 Å². The topological polar surface area (TPSA) is 107 Å². The molecule has 0 unspecified atom stereocenters. The van der Waals surface area contributed by atoms with E-state index >= 15 is 0 Å². The molecule has 4 aromatic carbocycles. The van der Waals surface area contributed by atoms with E-state index in [1.807, 2.05) is 92.7 Å². The number of rotatable bonds is 16. The van der Waals surface area contributed by atoms with Crippen molar-refractivity contribution in [3.63, 3.8) is 0 Å². The average molecular weight is 1010 g/mol. The number of piperidine rings is 1. The van der Waals surface area contributed by atoms with Crippen molar-refractivity contribution in [2.75, 3.05) is 26.3 Å². The van der Waals surface area contributed by atoms with Gasteiger partial charge in [0.05, 0.1) is 15.8 Å². The van der Waals surface area contributed by atoms with Crippen molar-refractivity contribution in [3.8, 4) is 5.00 Å². The van der Waals surface area contributed by atoms with Crippen LogP contribution in [0.1, 0.15) is 93.6 Å². The number of fused-ring (bicyclic) bond motifs is 3. The van der Waals surface area contributed by atoms with Gasteiger partial charge in [-0.3, -0.25) is 23.9 Å². The molecule has 0 saturated carbocycles. The highest BCUT2D eigenvalue weighted by atomic mass is 35.5. The van der Waals surface area contributed by atoms with E-state index < -0.39 is 6.04 Å². The summed E-state index contributed by atoms with van der Waals surface area (Å²) in [4.78, 5) is 50.7. The van der Waals surface area contributed by atoms with E-state index in [-0.39, 0.29) is 42.9 Å². The monoisotopic (exact) mass is 1010 g/mol. The predicted molar refractivity (Wildman–Crippen MR) is 276 cm³/mol. The summed E-state index contributed by atoms with van der Waals surface area (Å²) in [5.41, 5.74) is 8.29. The van der Waals surface area contributed by atoms with Gasteiger partial charge in [-0.1, -0.05) is 107 Å². The Labute approximate surface area is 421 Å². The largest absolute Gasteiger partial charge is 0.381 e. The van der Waals surface area contributed by atoms with E-state index in [4.69, 9.17) is 56.1 Å². The first kappa shape index (κ1) is 49.2. The lowest BCUT2D eigenvalue weighted by atomic mass is 9.90. The molecule has 14 heteroatoms. The maximum Gasteiger partial charge on any atom is 0.226 e. The van der Waals surface area contributed by atoms with E-state index in [0.717, 1.165) is 49.9 Å². The van der Waals surface area contributed by atoms with Crippen LogP contribution in [0, 0.1) is 33.6 Å². The van der Waals surface area contributed by atoms with Crippen LogP contribution in [0.2, 0.25) is 20.1 Å². The number of aromatic nitrogens is 3. The molecule has 0 spiro atoms. The van der Waals surface area contributed by atoms with Gasteiger partial charge in [0.1, 0.15) is 22.7 Å². The molecule has 2 aliphatic rings. The zero-order chi connectivity index (χ0) is 48.1. The number of aliphatic imine (C=N–C) groups is 1. The van der Waals surface area contributed by atoms with Gasteiger partial charge in [0.25, 0.3) is 0 Å². The molecular formula is C54H51Cl4N5O4S. The molecule has 2 atom stereocenters. The van der Waals surface area contributed by atoms with Gasteiger partial charge >= 0.3 is 0 Å². The van der Waals surface area contributed by atoms with Crippen molar-refractivity contribution in [3.05, 3.63) is 178 Å². The minimum atomic E-state index is -0.526. The Kier molecular flexibility index (Phi) is 16.0. The molecule has 1 fully saturated rings. The Morgan fingerprint density at radius 1 is 0.809 bits per heavy atom. The molecule has 0 radical (unpaired) electrons. The summed E-state index contributed by atoms with van der Waals surface area (Å²) in [5.74, 6) is 0.879. The number of thiophene rings is 1. The summed E-state index contributed by atoms with van der Waals surface area (Å²) in [6, 6.07) is 27.9. The zero-order valence-electron chi connectivity index (χ0n) is 38.3. The highest BCUT2D eigenvalue weighted by Crippen LogP contribution is 2.40. The Morgan fingerprint density at radius 2 is 1.49 bits per heavy atom. The molecule has 350 valence electrons. The van der Waals surface area contributed by atoms with Crippen molar-refractivity contribution in [2.24, 2.45) is 10.9 Å².